The molecule has 0 saturated carbocycles. The van der Waals surface area contributed by atoms with E-state index in [1.807, 2.05) is 0 Å². The molecule has 8 heteroatoms. The van der Waals surface area contributed by atoms with Gasteiger partial charge in [0.05, 0.1) is 0 Å². The summed E-state index contributed by atoms with van der Waals surface area (Å²) < 4.78 is 1.96. The summed E-state index contributed by atoms with van der Waals surface area (Å²) in [6.07, 6.45) is 0. The van der Waals surface area contributed by atoms with Gasteiger partial charge in [-0.2, -0.15) is 0 Å². The van der Waals surface area contributed by atoms with Crippen LogP contribution in [0.1, 0.15) is 0 Å². The van der Waals surface area contributed by atoms with Crippen molar-refractivity contribution >= 4 is 181 Å². The van der Waals surface area contributed by atoms with E-state index in [2.05, 4.69) is 181 Å². The first-order valence-corrected chi connectivity index (χ1v) is 11.5. The second-order valence-electron chi connectivity index (χ2n) is 1.91. The van der Waals surface area contributed by atoms with Gasteiger partial charge in [-0.05, 0) is 0 Å². The predicted molar refractivity (Wildman–Crippen MR) is 125 cm³/mol. The van der Waals surface area contributed by atoms with Crippen LogP contribution < -0.4 is 0 Å². The third-order valence-corrected chi connectivity index (χ3v) is 23.6. The van der Waals surface area contributed by atoms with Gasteiger partial charge in [0.2, 0.25) is 0 Å². The van der Waals surface area contributed by atoms with Gasteiger partial charge in [-0.3, -0.25) is 0 Å². The van der Waals surface area contributed by atoms with Gasteiger partial charge in [0.25, 0.3) is 0 Å². The van der Waals surface area contributed by atoms with Crippen LogP contribution in [0, 0.1) is 0 Å². The van der Waals surface area contributed by atoms with Crippen LogP contribution in [0.2, 0.25) is 0 Å². The highest BCUT2D eigenvalue weighted by molar-refractivity contribution is 14.3. The Balaban J connectivity index is 4.85. The first kappa shape index (κ1) is 17.8. The van der Waals surface area contributed by atoms with E-state index in [1.165, 1.54) is 0 Å². The molecule has 0 aliphatic rings. The van der Waals surface area contributed by atoms with E-state index >= 15 is 0 Å². The summed E-state index contributed by atoms with van der Waals surface area (Å²) in [7, 11) is 0. The van der Waals surface area contributed by atoms with Crippen molar-refractivity contribution in [3.8, 4) is 0 Å². The van der Waals surface area contributed by atoms with Gasteiger partial charge in [-0.1, -0.05) is 181 Å². The number of halogens is 8. The third-order valence-electron chi connectivity index (χ3n) is 0.983. The van der Waals surface area contributed by atoms with Gasteiger partial charge in [-0.15, -0.1) is 0 Å². The fraction of sp³-hybridized carbons (Fsp3) is 1.00. The Morgan fingerprint density at radius 1 is 0.750 bits per heavy atom. The van der Waals surface area contributed by atoms with Crippen LogP contribution in [-0.2, 0) is 0 Å². The Morgan fingerprint density at radius 3 is 1.17 bits per heavy atom. The molecular formula is C4H2I8. The molecule has 0 atom stereocenters. The molecule has 0 nitrogen and oxygen atoms in total. The van der Waals surface area contributed by atoms with Crippen LogP contribution >= 0.6 is 181 Å². The Hall–Kier alpha value is 5.84. The van der Waals surface area contributed by atoms with E-state index in [4.69, 9.17) is 0 Å². The molecular weight excluding hydrogens is 1060 g/mol. The fourth-order valence-electron chi connectivity index (χ4n) is 0.291. The maximum Gasteiger partial charge on any atom is 0.149 e. The quantitative estimate of drug-likeness (QED) is 0.224. The van der Waals surface area contributed by atoms with E-state index in [-0.39, 0.29) is 0.864 Å². The van der Waals surface area contributed by atoms with Crippen LogP contribution in [0.15, 0.2) is 0 Å². The van der Waals surface area contributed by atoms with Crippen LogP contribution in [0.4, 0.5) is 0 Å². The zero-order valence-corrected chi connectivity index (χ0v) is 22.5. The molecule has 0 saturated heterocycles. The molecule has 0 fully saturated rings. The van der Waals surface area contributed by atoms with Gasteiger partial charge in [0, 0.05) is 4.43 Å². The molecule has 12 heavy (non-hydrogen) atoms. The Labute approximate surface area is 182 Å². The molecule has 0 unspecified atom stereocenters. The fourth-order valence-corrected chi connectivity index (χ4v) is 7.99. The third kappa shape index (κ3) is 4.84. The molecule has 0 radical (unpaired) electrons. The molecule has 0 spiro atoms. The summed E-state index contributed by atoms with van der Waals surface area (Å²) in [5.41, 5.74) is 0. The van der Waals surface area contributed by atoms with Gasteiger partial charge in [0.1, 0.15) is 2.29 Å². The van der Waals surface area contributed by atoms with Crippen molar-refractivity contribution in [2.75, 3.05) is 4.43 Å². The number of alkyl halides is 8. The van der Waals surface area contributed by atoms with Gasteiger partial charge in [-0.25, -0.2) is 0 Å². The van der Waals surface area contributed by atoms with E-state index in [9.17, 15) is 0 Å². The Bertz CT molecular complexity index is 155. The van der Waals surface area contributed by atoms with E-state index < -0.39 is 0 Å². The molecule has 0 N–H and O–H groups in total. The van der Waals surface area contributed by atoms with E-state index in [0.29, 0.717) is 1.43 Å². The van der Waals surface area contributed by atoms with E-state index in [0.717, 1.165) is 4.43 Å². The summed E-state index contributed by atoms with van der Waals surface area (Å²) in [5, 5.41) is 0. The molecule has 0 aliphatic heterocycles. The van der Waals surface area contributed by atoms with Crippen molar-refractivity contribution in [1.82, 2.24) is 0 Å². The molecule has 0 aromatic heterocycles. The van der Waals surface area contributed by atoms with Gasteiger partial charge in [0.15, 0.2) is 0 Å². The normalized spacial score (nSPS) is 15.0. The molecule has 0 aliphatic carbocycles. The van der Waals surface area contributed by atoms with Crippen molar-refractivity contribution in [2.45, 2.75) is 2.29 Å². The smallest absolute Gasteiger partial charge is 0.0840 e. The predicted octanol–water partition coefficient (Wildman–Crippen LogP) is 6.51. The van der Waals surface area contributed by atoms with E-state index in [1.54, 1.807) is 0 Å². The molecule has 0 aromatic rings. The first-order chi connectivity index (χ1) is 5.06. The lowest BCUT2D eigenvalue weighted by Crippen LogP contribution is -2.44. The van der Waals surface area contributed by atoms with Crippen LogP contribution in [0.5, 0.6) is 0 Å². The summed E-state index contributed by atoms with van der Waals surface area (Å²) in [4.78, 5) is 0. The van der Waals surface area contributed by atoms with Crippen molar-refractivity contribution < 1.29 is 0 Å². The van der Waals surface area contributed by atoms with Crippen LogP contribution in [0.3, 0.4) is 0 Å². The minimum atomic E-state index is 0.245. The number of hydrogen-bond donors (Lipinski definition) is 0. The summed E-state index contributed by atoms with van der Waals surface area (Å²) in [6, 6.07) is 0. The topological polar surface area (TPSA) is 0 Å². The Morgan fingerprint density at radius 2 is 1.08 bits per heavy atom. The highest BCUT2D eigenvalue weighted by Gasteiger charge is 2.55. The Kier molecular flexibility index (Phi) is 10.2. The second kappa shape index (κ2) is 6.85. The van der Waals surface area contributed by atoms with Crippen molar-refractivity contribution in [3.63, 3.8) is 0 Å². The lowest BCUT2D eigenvalue weighted by Gasteiger charge is -2.39. The van der Waals surface area contributed by atoms with Crippen molar-refractivity contribution in [3.05, 3.63) is 0 Å². The molecule has 0 heterocycles. The number of hydrogen-bond acceptors (Lipinski definition) is 0. The van der Waals surface area contributed by atoms with Gasteiger partial charge >= 0.3 is 0 Å². The standard InChI is InChI=1S/C4H2I8/c5-1-2(6,7)3(8,9)4(10,11)12/h1H2. The molecule has 74 valence electrons. The zero-order chi connectivity index (χ0) is 10.2. The summed E-state index contributed by atoms with van der Waals surface area (Å²) >= 11 is 20.3. The van der Waals surface area contributed by atoms with Crippen molar-refractivity contribution in [2.24, 2.45) is 0 Å². The maximum atomic E-state index is 2.57. The summed E-state index contributed by atoms with van der Waals surface area (Å²) in [6.45, 7) is 0. The zero-order valence-electron chi connectivity index (χ0n) is 5.23. The molecule has 0 amide bonds. The molecule has 0 rings (SSSR count). The van der Waals surface area contributed by atoms with Crippen LogP contribution in [-0.4, -0.2) is 6.72 Å². The average molecular weight is 1070 g/mol. The average Bonchev–Trinajstić information content (AvgIpc) is 1.85. The lowest BCUT2D eigenvalue weighted by atomic mass is 10.4. The minimum absolute atomic E-state index is 0.245. The SMILES string of the molecule is ICC(I)(I)C(I)(I)C(I)(I)I. The first-order valence-electron chi connectivity index (χ1n) is 2.44. The summed E-state index contributed by atoms with van der Waals surface area (Å²) in [5.74, 6) is 0. The highest BCUT2D eigenvalue weighted by atomic mass is 127. The monoisotopic (exact) mass is 1070 g/mol. The van der Waals surface area contributed by atoms with Gasteiger partial charge < -0.3 is 0 Å². The second-order valence-corrected chi connectivity index (χ2v) is 24.8. The molecule has 0 aromatic carbocycles. The highest BCUT2D eigenvalue weighted by Crippen LogP contribution is 2.64. The maximum absolute atomic E-state index is 2.57. The minimum Gasteiger partial charge on any atom is -0.0840 e. The lowest BCUT2D eigenvalue weighted by molar-refractivity contribution is 0.962. The molecule has 0 bridgehead atoms. The number of rotatable bonds is 3. The van der Waals surface area contributed by atoms with Crippen LogP contribution in [0.25, 0.3) is 0 Å². The largest absolute Gasteiger partial charge is 0.149 e. The van der Waals surface area contributed by atoms with Crippen molar-refractivity contribution in [1.29, 1.82) is 0 Å².